The van der Waals surface area contributed by atoms with Crippen molar-refractivity contribution in [3.8, 4) is 11.8 Å². The molecule has 3 aromatic rings. The Bertz CT molecular complexity index is 881. The summed E-state index contributed by atoms with van der Waals surface area (Å²) in [6, 6.07) is 7.20. The summed E-state index contributed by atoms with van der Waals surface area (Å²) in [7, 11) is 0. The number of hydrogen-bond donors (Lipinski definition) is 0. The van der Waals surface area contributed by atoms with Crippen LogP contribution >= 0.6 is 0 Å². The number of para-hydroxylation sites is 1. The van der Waals surface area contributed by atoms with Crippen molar-refractivity contribution in [2.24, 2.45) is 0 Å². The van der Waals surface area contributed by atoms with Gasteiger partial charge in [0.2, 0.25) is 0 Å². The Morgan fingerprint density at radius 2 is 1.57 bits per heavy atom. The number of nitrogens with zero attached hydrogens (tertiary/aromatic N) is 4. The molecule has 0 fully saturated rings. The van der Waals surface area contributed by atoms with Crippen LogP contribution in [0.3, 0.4) is 0 Å². The van der Waals surface area contributed by atoms with Gasteiger partial charge < -0.3 is 0 Å². The van der Waals surface area contributed by atoms with Gasteiger partial charge in [-0.1, -0.05) is 17.3 Å². The molecule has 104 valence electrons. The van der Waals surface area contributed by atoms with Gasteiger partial charge in [0.1, 0.15) is 22.8 Å². The van der Waals surface area contributed by atoms with Gasteiger partial charge in [0.05, 0.1) is 5.52 Å². The SMILES string of the molecule is N#Cc1c(F)c(F)c(-n2nnc3ccccc32)c(F)c1F. The lowest BCUT2D eigenvalue weighted by Gasteiger charge is -2.08. The summed E-state index contributed by atoms with van der Waals surface area (Å²) in [6.07, 6.45) is 0. The molecule has 0 aliphatic rings. The molecular weight excluding hydrogens is 288 g/mol. The summed E-state index contributed by atoms with van der Waals surface area (Å²) in [4.78, 5) is 0. The highest BCUT2D eigenvalue weighted by molar-refractivity contribution is 5.76. The third-order valence-corrected chi connectivity index (χ3v) is 2.92. The van der Waals surface area contributed by atoms with Crippen LogP contribution in [-0.2, 0) is 0 Å². The van der Waals surface area contributed by atoms with E-state index in [0.29, 0.717) is 10.2 Å². The second kappa shape index (κ2) is 4.56. The molecule has 0 unspecified atom stereocenters. The quantitative estimate of drug-likeness (QED) is 0.512. The molecule has 0 atom stereocenters. The van der Waals surface area contributed by atoms with E-state index in [2.05, 4.69) is 10.3 Å². The van der Waals surface area contributed by atoms with Crippen LogP contribution in [0.2, 0.25) is 0 Å². The van der Waals surface area contributed by atoms with Crippen LogP contribution in [0.4, 0.5) is 17.6 Å². The number of halogens is 4. The number of fused-ring (bicyclic) bond motifs is 1. The highest BCUT2D eigenvalue weighted by Crippen LogP contribution is 2.28. The number of benzene rings is 2. The fourth-order valence-corrected chi connectivity index (χ4v) is 1.94. The van der Waals surface area contributed by atoms with E-state index in [0.717, 1.165) is 6.07 Å². The van der Waals surface area contributed by atoms with Crippen molar-refractivity contribution in [3.05, 3.63) is 53.1 Å². The summed E-state index contributed by atoms with van der Waals surface area (Å²) < 4.78 is 55.8. The summed E-state index contributed by atoms with van der Waals surface area (Å²) >= 11 is 0. The zero-order valence-electron chi connectivity index (χ0n) is 10.1. The Balaban J connectivity index is 2.42. The van der Waals surface area contributed by atoms with Gasteiger partial charge in [-0.3, -0.25) is 0 Å². The Hall–Kier alpha value is -2.95. The normalized spacial score (nSPS) is 10.8. The largest absolute Gasteiger partial charge is 0.207 e. The molecule has 0 aliphatic carbocycles. The lowest BCUT2D eigenvalue weighted by Crippen LogP contribution is -2.10. The average molecular weight is 292 g/mol. The van der Waals surface area contributed by atoms with E-state index >= 15 is 0 Å². The van der Waals surface area contributed by atoms with Crippen LogP contribution < -0.4 is 0 Å². The molecule has 3 rings (SSSR count). The Kier molecular flexibility index (Phi) is 2.83. The van der Waals surface area contributed by atoms with Gasteiger partial charge in [0.15, 0.2) is 23.3 Å². The molecular formula is C13H4F4N4. The maximum absolute atomic E-state index is 14.0. The smallest absolute Gasteiger partial charge is 0.189 e. The van der Waals surface area contributed by atoms with E-state index in [9.17, 15) is 17.6 Å². The first kappa shape index (κ1) is 13.1. The van der Waals surface area contributed by atoms with Gasteiger partial charge in [-0.25, -0.2) is 22.2 Å². The standard InChI is InChI=1S/C13H4F4N4/c14-9-6(5-18)10(15)12(17)13(11(9)16)21-8-4-2-1-3-7(8)19-20-21/h1-4H. The molecule has 2 aromatic carbocycles. The van der Waals surface area contributed by atoms with Crippen LogP contribution in [0, 0.1) is 34.6 Å². The number of aromatic nitrogens is 3. The average Bonchev–Trinajstić information content (AvgIpc) is 2.90. The molecule has 8 heteroatoms. The highest BCUT2D eigenvalue weighted by atomic mass is 19.2. The molecule has 0 radical (unpaired) electrons. The van der Waals surface area contributed by atoms with Crippen molar-refractivity contribution in [1.82, 2.24) is 15.0 Å². The monoisotopic (exact) mass is 292 g/mol. The van der Waals surface area contributed by atoms with Gasteiger partial charge in [0, 0.05) is 0 Å². The first-order valence-corrected chi connectivity index (χ1v) is 5.63. The molecule has 0 aliphatic heterocycles. The van der Waals surface area contributed by atoms with Crippen molar-refractivity contribution >= 4 is 11.0 Å². The predicted octanol–water partition coefficient (Wildman–Crippen LogP) is 2.85. The maximum Gasteiger partial charge on any atom is 0.189 e. The first-order chi connectivity index (χ1) is 10.1. The molecule has 21 heavy (non-hydrogen) atoms. The van der Waals surface area contributed by atoms with Gasteiger partial charge in [-0.05, 0) is 12.1 Å². The number of hydrogen-bond acceptors (Lipinski definition) is 3. The Morgan fingerprint density at radius 1 is 0.952 bits per heavy atom. The van der Waals surface area contributed by atoms with Crippen LogP contribution in [0.1, 0.15) is 5.56 Å². The van der Waals surface area contributed by atoms with Gasteiger partial charge in [-0.2, -0.15) is 5.26 Å². The molecule has 0 N–H and O–H groups in total. The predicted molar refractivity (Wildman–Crippen MR) is 63.4 cm³/mol. The summed E-state index contributed by atoms with van der Waals surface area (Å²) in [6.45, 7) is 0. The van der Waals surface area contributed by atoms with Crippen molar-refractivity contribution in [2.75, 3.05) is 0 Å². The van der Waals surface area contributed by atoms with E-state index in [1.54, 1.807) is 12.1 Å². The van der Waals surface area contributed by atoms with Crippen molar-refractivity contribution in [1.29, 1.82) is 5.26 Å². The molecule has 1 aromatic heterocycles. The van der Waals surface area contributed by atoms with E-state index in [-0.39, 0.29) is 5.52 Å². The van der Waals surface area contributed by atoms with Crippen LogP contribution in [0.25, 0.3) is 16.7 Å². The van der Waals surface area contributed by atoms with Gasteiger partial charge in [0.25, 0.3) is 0 Å². The maximum atomic E-state index is 14.0. The lowest BCUT2D eigenvalue weighted by atomic mass is 10.1. The third-order valence-electron chi connectivity index (χ3n) is 2.92. The minimum atomic E-state index is -1.77. The van der Waals surface area contributed by atoms with E-state index in [1.165, 1.54) is 12.1 Å². The second-order valence-corrected chi connectivity index (χ2v) is 4.08. The van der Waals surface area contributed by atoms with E-state index in [4.69, 9.17) is 5.26 Å². The molecule has 0 saturated carbocycles. The van der Waals surface area contributed by atoms with E-state index in [1.807, 2.05) is 0 Å². The molecule has 4 nitrogen and oxygen atoms in total. The molecule has 0 saturated heterocycles. The third kappa shape index (κ3) is 1.74. The minimum absolute atomic E-state index is 0.166. The molecule has 0 bridgehead atoms. The Labute approximate surface area is 114 Å². The highest BCUT2D eigenvalue weighted by Gasteiger charge is 2.28. The van der Waals surface area contributed by atoms with Crippen LogP contribution in [0.15, 0.2) is 24.3 Å². The van der Waals surface area contributed by atoms with Crippen molar-refractivity contribution in [3.63, 3.8) is 0 Å². The fourth-order valence-electron chi connectivity index (χ4n) is 1.94. The van der Waals surface area contributed by atoms with Gasteiger partial charge >= 0.3 is 0 Å². The first-order valence-electron chi connectivity index (χ1n) is 5.63. The number of nitriles is 1. The van der Waals surface area contributed by atoms with Gasteiger partial charge in [-0.15, -0.1) is 5.10 Å². The fraction of sp³-hybridized carbons (Fsp3) is 0. The van der Waals surface area contributed by atoms with Crippen molar-refractivity contribution in [2.45, 2.75) is 0 Å². The zero-order chi connectivity index (χ0) is 15.1. The number of rotatable bonds is 1. The van der Waals surface area contributed by atoms with Crippen molar-refractivity contribution < 1.29 is 17.6 Å². The topological polar surface area (TPSA) is 54.5 Å². The molecule has 0 amide bonds. The summed E-state index contributed by atoms with van der Waals surface area (Å²) in [5.74, 6) is -6.96. The summed E-state index contributed by atoms with van der Waals surface area (Å²) in [5, 5.41) is 15.7. The molecule has 0 spiro atoms. The zero-order valence-corrected chi connectivity index (χ0v) is 10.1. The van der Waals surface area contributed by atoms with E-state index < -0.39 is 34.5 Å². The Morgan fingerprint density at radius 3 is 2.19 bits per heavy atom. The van der Waals surface area contributed by atoms with Crippen LogP contribution in [-0.4, -0.2) is 15.0 Å². The molecule has 1 heterocycles. The summed E-state index contributed by atoms with van der Waals surface area (Å²) in [5.41, 5.74) is -1.92. The second-order valence-electron chi connectivity index (χ2n) is 4.08. The minimum Gasteiger partial charge on any atom is -0.207 e. The lowest BCUT2D eigenvalue weighted by molar-refractivity contribution is 0.441. The van der Waals surface area contributed by atoms with Crippen LogP contribution in [0.5, 0.6) is 0 Å².